The summed E-state index contributed by atoms with van der Waals surface area (Å²) in [5.74, 6) is 0. The maximum Gasteiger partial charge on any atom is 0.253 e. The van der Waals surface area contributed by atoms with Crippen molar-refractivity contribution in [2.24, 2.45) is 0 Å². The van der Waals surface area contributed by atoms with Gasteiger partial charge in [0, 0.05) is 49.4 Å². The number of para-hydroxylation sites is 4. The zero-order chi connectivity index (χ0) is 32.2. The van der Waals surface area contributed by atoms with E-state index in [-0.39, 0.29) is 6.71 Å². The first-order valence-corrected chi connectivity index (χ1v) is 17.5. The molecule has 0 atom stereocenters. The summed E-state index contributed by atoms with van der Waals surface area (Å²) in [4.78, 5) is 0. The number of rotatable bonds is 1. The molecule has 0 bridgehead atoms. The summed E-state index contributed by atoms with van der Waals surface area (Å²) >= 11 is 0. The molecule has 3 nitrogen and oxygen atoms in total. The SMILES string of the molecule is c1ccc(-n2c3ccccc3c3c4c5c(cc32)c2ccccc2n5-c2cccc3c2B4c2cc4ccccc4c4c5ccccc5n-3c24)cc1. The molecule has 0 N–H and O–H groups in total. The van der Waals surface area contributed by atoms with Crippen molar-refractivity contribution in [3.8, 4) is 17.1 Å². The molecule has 0 aliphatic carbocycles. The quantitative estimate of drug-likeness (QED) is 0.161. The molecule has 3 aromatic heterocycles. The number of benzene rings is 8. The van der Waals surface area contributed by atoms with Crippen LogP contribution in [0.4, 0.5) is 0 Å². The number of hydrogen-bond acceptors (Lipinski definition) is 0. The van der Waals surface area contributed by atoms with Gasteiger partial charge in [-0.2, -0.15) is 0 Å². The summed E-state index contributed by atoms with van der Waals surface area (Å²) in [6.45, 7) is 0.0446. The Balaban J connectivity index is 1.34. The van der Waals surface area contributed by atoms with Crippen molar-refractivity contribution in [2.45, 2.75) is 0 Å². The smallest absolute Gasteiger partial charge is 0.253 e. The first-order chi connectivity index (χ1) is 24.9. The van der Waals surface area contributed by atoms with Crippen molar-refractivity contribution in [1.29, 1.82) is 0 Å². The predicted octanol–water partition coefficient (Wildman–Crippen LogP) is 9.27. The highest BCUT2D eigenvalue weighted by Crippen LogP contribution is 2.44. The van der Waals surface area contributed by atoms with Gasteiger partial charge in [0.1, 0.15) is 0 Å². The van der Waals surface area contributed by atoms with Gasteiger partial charge in [-0.15, -0.1) is 0 Å². The van der Waals surface area contributed by atoms with Gasteiger partial charge in [0.25, 0.3) is 6.71 Å². The highest BCUT2D eigenvalue weighted by Gasteiger charge is 2.42. The molecular formula is C46H26BN3. The molecule has 0 radical (unpaired) electrons. The fourth-order valence-electron chi connectivity index (χ4n) is 10.0. The van der Waals surface area contributed by atoms with Crippen LogP contribution in [0.3, 0.4) is 0 Å². The van der Waals surface area contributed by atoms with Crippen LogP contribution in [0.2, 0.25) is 0 Å². The molecule has 4 heteroatoms. The Morgan fingerprint density at radius 1 is 0.360 bits per heavy atom. The summed E-state index contributed by atoms with van der Waals surface area (Å²) in [6, 6.07) is 58.9. The summed E-state index contributed by atoms with van der Waals surface area (Å²) in [5, 5.41) is 10.5. The van der Waals surface area contributed by atoms with Crippen molar-refractivity contribution in [2.75, 3.05) is 0 Å². The highest BCUT2D eigenvalue weighted by atomic mass is 15.0. The van der Waals surface area contributed by atoms with Crippen molar-refractivity contribution < 1.29 is 0 Å². The molecule has 11 aromatic rings. The molecule has 0 fully saturated rings. The van der Waals surface area contributed by atoms with Crippen LogP contribution < -0.4 is 16.4 Å². The minimum atomic E-state index is 0.0446. The monoisotopic (exact) mass is 631 g/mol. The molecule has 0 unspecified atom stereocenters. The summed E-state index contributed by atoms with van der Waals surface area (Å²) in [5.41, 5.74) is 15.6. The topological polar surface area (TPSA) is 14.8 Å². The third-order valence-corrected chi connectivity index (χ3v) is 11.8. The zero-order valence-corrected chi connectivity index (χ0v) is 26.9. The van der Waals surface area contributed by atoms with Crippen LogP contribution in [0, 0.1) is 0 Å². The fourth-order valence-corrected chi connectivity index (χ4v) is 10.0. The lowest BCUT2D eigenvalue weighted by molar-refractivity contribution is 1.14. The maximum atomic E-state index is 2.58. The molecule has 0 amide bonds. The Morgan fingerprint density at radius 2 is 0.940 bits per heavy atom. The zero-order valence-electron chi connectivity index (χ0n) is 26.9. The van der Waals surface area contributed by atoms with Crippen molar-refractivity contribution in [1.82, 2.24) is 13.7 Å². The summed E-state index contributed by atoms with van der Waals surface area (Å²) in [7, 11) is 0. The van der Waals surface area contributed by atoms with E-state index in [4.69, 9.17) is 0 Å². The Labute approximate surface area is 286 Å². The average molecular weight is 632 g/mol. The van der Waals surface area contributed by atoms with E-state index in [1.807, 2.05) is 0 Å². The summed E-state index contributed by atoms with van der Waals surface area (Å²) < 4.78 is 7.64. The minimum Gasteiger partial charge on any atom is -0.310 e. The van der Waals surface area contributed by atoms with Crippen LogP contribution in [-0.4, -0.2) is 20.4 Å². The Bertz CT molecular complexity index is 3320. The standard InChI is InChI=1S/C46H26BN3/c1-2-14-28(15-3-1)48-36-21-10-8-19-32(36)42-40(48)26-33-30-17-6-9-20-35(30)49-38-23-12-24-39-43(38)47(44(42)45(33)49)34-25-27-13-4-5-16-29(27)41-31-18-7-11-22-37(31)50(39)46(34)41/h1-26H. The molecule has 13 rings (SSSR count). The number of nitrogens with zero attached hydrogens (tertiary/aromatic N) is 3. The van der Waals surface area contributed by atoms with Gasteiger partial charge in [0.15, 0.2) is 0 Å². The van der Waals surface area contributed by atoms with E-state index in [1.54, 1.807) is 0 Å². The van der Waals surface area contributed by atoms with Gasteiger partial charge in [-0.1, -0.05) is 109 Å². The second-order valence-corrected chi connectivity index (χ2v) is 14.0. The Kier molecular flexibility index (Phi) is 4.45. The molecule has 0 saturated heterocycles. The van der Waals surface area contributed by atoms with E-state index in [2.05, 4.69) is 171 Å². The lowest BCUT2D eigenvalue weighted by Crippen LogP contribution is -2.59. The van der Waals surface area contributed by atoms with E-state index >= 15 is 0 Å². The van der Waals surface area contributed by atoms with Gasteiger partial charge in [-0.3, -0.25) is 0 Å². The normalized spacial score (nSPS) is 13.2. The second-order valence-electron chi connectivity index (χ2n) is 14.0. The van der Waals surface area contributed by atoms with Gasteiger partial charge in [0.2, 0.25) is 0 Å². The average Bonchev–Trinajstić information content (AvgIpc) is 3.82. The van der Waals surface area contributed by atoms with Crippen molar-refractivity contribution in [3.63, 3.8) is 0 Å². The van der Waals surface area contributed by atoms with E-state index in [0.717, 1.165) is 0 Å². The van der Waals surface area contributed by atoms with Gasteiger partial charge >= 0.3 is 0 Å². The Hall–Kier alpha value is -6.52. The molecule has 8 aromatic carbocycles. The molecular weight excluding hydrogens is 605 g/mol. The molecule has 228 valence electrons. The van der Waals surface area contributed by atoms with Crippen LogP contribution in [0.25, 0.3) is 93.3 Å². The maximum absolute atomic E-state index is 2.58. The van der Waals surface area contributed by atoms with E-state index < -0.39 is 0 Å². The van der Waals surface area contributed by atoms with E-state index in [0.29, 0.717) is 0 Å². The lowest BCUT2D eigenvalue weighted by Gasteiger charge is -2.34. The fraction of sp³-hybridized carbons (Fsp3) is 0. The van der Waals surface area contributed by atoms with Crippen molar-refractivity contribution >= 4 is 99.3 Å². The minimum absolute atomic E-state index is 0.0446. The number of fused-ring (bicyclic) bond motifs is 16. The van der Waals surface area contributed by atoms with Crippen LogP contribution >= 0.6 is 0 Å². The third kappa shape index (κ3) is 2.81. The van der Waals surface area contributed by atoms with Crippen LogP contribution in [0.1, 0.15) is 0 Å². The molecule has 2 aliphatic heterocycles. The number of aromatic nitrogens is 3. The second kappa shape index (κ2) is 8.74. The molecule has 0 saturated carbocycles. The lowest BCUT2D eigenvalue weighted by atomic mass is 9.33. The molecule has 2 aliphatic rings. The van der Waals surface area contributed by atoms with Crippen LogP contribution in [0.5, 0.6) is 0 Å². The van der Waals surface area contributed by atoms with E-state index in [1.165, 1.54) is 110 Å². The van der Waals surface area contributed by atoms with Crippen molar-refractivity contribution in [3.05, 3.63) is 158 Å². The first kappa shape index (κ1) is 25.5. The first-order valence-electron chi connectivity index (χ1n) is 17.5. The highest BCUT2D eigenvalue weighted by molar-refractivity contribution is 7.02. The van der Waals surface area contributed by atoms with Gasteiger partial charge < -0.3 is 13.7 Å². The third-order valence-electron chi connectivity index (χ3n) is 11.8. The van der Waals surface area contributed by atoms with Crippen LogP contribution in [0.15, 0.2) is 158 Å². The number of hydrogen-bond donors (Lipinski definition) is 0. The molecule has 50 heavy (non-hydrogen) atoms. The predicted molar refractivity (Wildman–Crippen MR) is 212 cm³/mol. The molecule has 5 heterocycles. The Morgan fingerprint density at radius 3 is 1.70 bits per heavy atom. The van der Waals surface area contributed by atoms with Gasteiger partial charge in [-0.05, 0) is 75.7 Å². The molecule has 0 spiro atoms. The van der Waals surface area contributed by atoms with E-state index in [9.17, 15) is 0 Å². The largest absolute Gasteiger partial charge is 0.310 e. The van der Waals surface area contributed by atoms with Crippen LogP contribution in [-0.2, 0) is 0 Å². The van der Waals surface area contributed by atoms with Gasteiger partial charge in [-0.25, -0.2) is 0 Å². The van der Waals surface area contributed by atoms with Gasteiger partial charge in [0.05, 0.1) is 33.1 Å². The summed E-state index contributed by atoms with van der Waals surface area (Å²) in [6.07, 6.45) is 0.